The van der Waals surface area contributed by atoms with E-state index in [1.54, 1.807) is 19.1 Å². The number of anilines is 1. The van der Waals surface area contributed by atoms with Crippen LogP contribution in [0, 0.1) is 5.82 Å². The lowest BCUT2D eigenvalue weighted by molar-refractivity contribution is -0.115. The Balaban J connectivity index is 1.63. The fourth-order valence-corrected chi connectivity index (χ4v) is 4.19. The van der Waals surface area contributed by atoms with E-state index in [2.05, 4.69) is 10.3 Å². The zero-order valence-corrected chi connectivity index (χ0v) is 15.6. The van der Waals surface area contributed by atoms with Gasteiger partial charge in [-0.25, -0.2) is 9.37 Å². The topological polar surface area (TPSA) is 59.1 Å². The molecular weight excluding hydrogens is 371 g/mol. The highest BCUT2D eigenvalue weighted by molar-refractivity contribution is 7.85. The first-order valence-corrected chi connectivity index (χ1v) is 10.2. The van der Waals surface area contributed by atoms with Crippen molar-refractivity contribution in [3.63, 3.8) is 0 Å². The predicted octanol–water partition coefficient (Wildman–Crippen LogP) is 4.23. The summed E-state index contributed by atoms with van der Waals surface area (Å²) in [6, 6.07) is 15.6. The number of hydrogen-bond acceptors (Lipinski definition) is 4. The zero-order valence-electron chi connectivity index (χ0n) is 14.0. The first-order chi connectivity index (χ1) is 12.5. The van der Waals surface area contributed by atoms with Crippen molar-refractivity contribution in [1.82, 2.24) is 4.98 Å². The molecule has 1 amide bonds. The third-order valence-corrected chi connectivity index (χ3v) is 6.28. The third-order valence-electron chi connectivity index (χ3n) is 3.76. The molecule has 134 valence electrons. The van der Waals surface area contributed by atoms with Gasteiger partial charge in [0.2, 0.25) is 5.91 Å². The van der Waals surface area contributed by atoms with Crippen LogP contribution in [0.3, 0.4) is 0 Å². The van der Waals surface area contributed by atoms with Crippen LogP contribution in [-0.4, -0.2) is 20.3 Å². The molecule has 7 heteroatoms. The number of carbonyl (C=O) groups is 1. The Hall–Kier alpha value is -2.38. The molecule has 1 heterocycles. The SMILES string of the molecule is C[C@@H](C(=O)Nc1ccccc1F)[S@@](=O)Cc1csc(-c2ccccc2)n1. The maximum Gasteiger partial charge on any atom is 0.239 e. The lowest BCUT2D eigenvalue weighted by Crippen LogP contribution is -2.30. The van der Waals surface area contributed by atoms with E-state index in [4.69, 9.17) is 0 Å². The number of thiazole rings is 1. The van der Waals surface area contributed by atoms with Gasteiger partial charge in [0.05, 0.1) is 17.1 Å². The lowest BCUT2D eigenvalue weighted by Gasteiger charge is -2.12. The molecule has 2 aromatic carbocycles. The van der Waals surface area contributed by atoms with Gasteiger partial charge in [0.15, 0.2) is 0 Å². The molecule has 0 unspecified atom stereocenters. The number of aromatic nitrogens is 1. The van der Waals surface area contributed by atoms with E-state index >= 15 is 0 Å². The first kappa shape index (κ1) is 18.4. The maximum atomic E-state index is 13.6. The van der Waals surface area contributed by atoms with E-state index < -0.39 is 27.8 Å². The fraction of sp³-hybridized carbons (Fsp3) is 0.158. The third kappa shape index (κ3) is 4.42. The summed E-state index contributed by atoms with van der Waals surface area (Å²) in [4.78, 5) is 16.7. The van der Waals surface area contributed by atoms with Crippen molar-refractivity contribution in [2.45, 2.75) is 17.9 Å². The summed E-state index contributed by atoms with van der Waals surface area (Å²) in [6.45, 7) is 1.57. The summed E-state index contributed by atoms with van der Waals surface area (Å²) in [7, 11) is -1.46. The van der Waals surface area contributed by atoms with Crippen molar-refractivity contribution in [2.75, 3.05) is 5.32 Å². The average molecular weight is 388 g/mol. The molecule has 0 saturated carbocycles. The fourth-order valence-electron chi connectivity index (χ4n) is 2.27. The molecule has 0 aliphatic heterocycles. The highest BCUT2D eigenvalue weighted by Gasteiger charge is 2.22. The van der Waals surface area contributed by atoms with Crippen LogP contribution >= 0.6 is 11.3 Å². The summed E-state index contributed by atoms with van der Waals surface area (Å²) in [6.07, 6.45) is 0. The number of halogens is 1. The number of nitrogens with one attached hydrogen (secondary N) is 1. The zero-order chi connectivity index (χ0) is 18.5. The molecular formula is C19H17FN2O2S2. The van der Waals surface area contributed by atoms with Crippen molar-refractivity contribution in [3.8, 4) is 10.6 Å². The molecule has 0 spiro atoms. The summed E-state index contributed by atoms with van der Waals surface area (Å²) < 4.78 is 26.1. The van der Waals surface area contributed by atoms with E-state index in [1.807, 2.05) is 35.7 Å². The second kappa shape index (κ2) is 8.33. The van der Waals surface area contributed by atoms with Crippen molar-refractivity contribution >= 4 is 33.7 Å². The van der Waals surface area contributed by atoms with Crippen LogP contribution in [0.2, 0.25) is 0 Å². The molecule has 2 atom stereocenters. The minimum absolute atomic E-state index is 0.0846. The number of rotatable bonds is 6. The van der Waals surface area contributed by atoms with Crippen LogP contribution in [0.5, 0.6) is 0 Å². The normalized spacial score (nSPS) is 13.2. The van der Waals surface area contributed by atoms with E-state index in [9.17, 15) is 13.4 Å². The monoisotopic (exact) mass is 388 g/mol. The Morgan fingerprint density at radius 3 is 2.62 bits per heavy atom. The van der Waals surface area contributed by atoms with Gasteiger partial charge in [-0.2, -0.15) is 0 Å². The van der Waals surface area contributed by atoms with Gasteiger partial charge in [-0.1, -0.05) is 42.5 Å². The van der Waals surface area contributed by atoms with Crippen LogP contribution in [-0.2, 0) is 21.3 Å². The summed E-state index contributed by atoms with van der Waals surface area (Å²) >= 11 is 1.47. The highest BCUT2D eigenvalue weighted by atomic mass is 32.2. The second-order valence-electron chi connectivity index (χ2n) is 5.65. The molecule has 0 radical (unpaired) electrons. The highest BCUT2D eigenvalue weighted by Crippen LogP contribution is 2.24. The van der Waals surface area contributed by atoms with Gasteiger partial charge in [0, 0.05) is 21.7 Å². The molecule has 3 rings (SSSR count). The minimum atomic E-state index is -1.46. The molecule has 0 aliphatic carbocycles. The van der Waals surface area contributed by atoms with Gasteiger partial charge in [-0.15, -0.1) is 11.3 Å². The molecule has 3 aromatic rings. The Morgan fingerprint density at radius 2 is 1.88 bits per heavy atom. The molecule has 4 nitrogen and oxygen atoms in total. The summed E-state index contributed by atoms with van der Waals surface area (Å²) in [5, 5.41) is 4.40. The second-order valence-corrected chi connectivity index (χ2v) is 8.26. The van der Waals surface area contributed by atoms with Crippen LogP contribution < -0.4 is 5.32 Å². The molecule has 1 aromatic heterocycles. The molecule has 0 bridgehead atoms. The number of amides is 1. The molecule has 1 N–H and O–H groups in total. The van der Waals surface area contributed by atoms with Crippen LogP contribution in [0.25, 0.3) is 10.6 Å². The van der Waals surface area contributed by atoms with Crippen molar-refractivity contribution in [1.29, 1.82) is 0 Å². The van der Waals surface area contributed by atoms with Crippen molar-refractivity contribution in [3.05, 3.63) is 71.5 Å². The van der Waals surface area contributed by atoms with E-state index in [1.165, 1.54) is 23.5 Å². The maximum absolute atomic E-state index is 13.6. The van der Waals surface area contributed by atoms with Crippen molar-refractivity contribution in [2.24, 2.45) is 0 Å². The summed E-state index contributed by atoms with van der Waals surface area (Å²) in [5.74, 6) is -0.826. The Labute approximate surface area is 157 Å². The van der Waals surface area contributed by atoms with Gasteiger partial charge in [0.1, 0.15) is 16.1 Å². The molecule has 26 heavy (non-hydrogen) atoms. The standard InChI is InChI=1S/C19H17FN2O2S2/c1-13(18(23)22-17-10-6-5-9-16(17)20)26(24)12-15-11-25-19(21-15)14-7-3-2-4-8-14/h2-11,13H,12H2,1H3,(H,22,23)/t13-,26-/m0/s1. The number of hydrogen-bond donors (Lipinski definition) is 1. The van der Waals surface area contributed by atoms with E-state index in [0.29, 0.717) is 5.69 Å². The predicted molar refractivity (Wildman–Crippen MR) is 104 cm³/mol. The summed E-state index contributed by atoms with van der Waals surface area (Å²) in [5.41, 5.74) is 1.76. The van der Waals surface area contributed by atoms with Gasteiger partial charge in [0.25, 0.3) is 0 Å². The Kier molecular flexibility index (Phi) is 5.90. The van der Waals surface area contributed by atoms with E-state index in [0.717, 1.165) is 10.6 Å². The van der Waals surface area contributed by atoms with Crippen LogP contribution in [0.15, 0.2) is 60.0 Å². The van der Waals surface area contributed by atoms with Crippen LogP contribution in [0.4, 0.5) is 10.1 Å². The molecule has 0 saturated heterocycles. The number of benzene rings is 2. The number of para-hydroxylation sites is 1. The molecule has 0 aliphatic rings. The smallest absolute Gasteiger partial charge is 0.239 e. The van der Waals surface area contributed by atoms with Crippen LogP contribution in [0.1, 0.15) is 12.6 Å². The largest absolute Gasteiger partial charge is 0.323 e. The number of nitrogens with zero attached hydrogens (tertiary/aromatic N) is 1. The van der Waals surface area contributed by atoms with Gasteiger partial charge in [-0.3, -0.25) is 9.00 Å². The molecule has 0 fully saturated rings. The van der Waals surface area contributed by atoms with Crippen molar-refractivity contribution < 1.29 is 13.4 Å². The van der Waals surface area contributed by atoms with Gasteiger partial charge >= 0.3 is 0 Å². The van der Waals surface area contributed by atoms with Gasteiger partial charge < -0.3 is 5.32 Å². The first-order valence-electron chi connectivity index (χ1n) is 7.97. The van der Waals surface area contributed by atoms with Gasteiger partial charge in [-0.05, 0) is 19.1 Å². The quantitative estimate of drug-likeness (QED) is 0.688. The average Bonchev–Trinajstić information content (AvgIpc) is 3.12. The Bertz CT molecular complexity index is 928. The van der Waals surface area contributed by atoms with E-state index in [-0.39, 0.29) is 11.4 Å². The minimum Gasteiger partial charge on any atom is -0.323 e. The number of carbonyl (C=O) groups excluding carboxylic acids is 1. The lowest BCUT2D eigenvalue weighted by atomic mass is 10.2. The Morgan fingerprint density at radius 1 is 1.19 bits per heavy atom.